The summed E-state index contributed by atoms with van der Waals surface area (Å²) in [5.74, 6) is 0.252. The van der Waals surface area contributed by atoms with Crippen LogP contribution in [0.2, 0.25) is 0 Å². The van der Waals surface area contributed by atoms with Crippen LogP contribution in [-0.2, 0) is 24.2 Å². The second-order valence-corrected chi connectivity index (χ2v) is 10.0. The van der Waals surface area contributed by atoms with E-state index in [-0.39, 0.29) is 11.7 Å². The first-order valence-corrected chi connectivity index (χ1v) is 12.9. The number of thiazole rings is 1. The lowest BCUT2D eigenvalue weighted by atomic mass is 10.0. The van der Waals surface area contributed by atoms with Crippen molar-refractivity contribution in [2.24, 2.45) is 0 Å². The molecule has 1 amide bonds. The van der Waals surface area contributed by atoms with E-state index in [4.69, 9.17) is 4.98 Å². The highest BCUT2D eigenvalue weighted by molar-refractivity contribution is 8.00. The summed E-state index contributed by atoms with van der Waals surface area (Å²) < 4.78 is 0.939. The summed E-state index contributed by atoms with van der Waals surface area (Å²) in [7, 11) is 0. The highest BCUT2D eigenvalue weighted by Gasteiger charge is 2.21. The fourth-order valence-electron chi connectivity index (χ4n) is 4.13. The van der Waals surface area contributed by atoms with Crippen molar-refractivity contribution in [1.82, 2.24) is 15.0 Å². The molecule has 1 N–H and O–H groups in total. The first-order valence-electron chi connectivity index (χ1n) is 11.1. The van der Waals surface area contributed by atoms with E-state index in [1.807, 2.05) is 19.1 Å². The summed E-state index contributed by atoms with van der Waals surface area (Å²) >= 11 is 3.04. The number of carbonyl (C=O) groups is 1. The molecule has 0 saturated carbocycles. The topological polar surface area (TPSA) is 71.0 Å². The quantitative estimate of drug-likeness (QED) is 0.303. The van der Waals surface area contributed by atoms with Crippen molar-refractivity contribution in [2.75, 3.05) is 22.5 Å². The van der Waals surface area contributed by atoms with Gasteiger partial charge in [-0.05, 0) is 42.0 Å². The van der Waals surface area contributed by atoms with E-state index in [1.165, 1.54) is 29.2 Å². The maximum absolute atomic E-state index is 12.7. The maximum atomic E-state index is 12.7. The number of anilines is 2. The lowest BCUT2D eigenvalue weighted by Crippen LogP contribution is -2.30. The monoisotopic (exact) mass is 475 g/mol. The van der Waals surface area contributed by atoms with E-state index in [0.717, 1.165) is 57.6 Å². The molecule has 1 aliphatic rings. The van der Waals surface area contributed by atoms with Crippen molar-refractivity contribution >= 4 is 50.2 Å². The van der Waals surface area contributed by atoms with Crippen LogP contribution in [-0.4, -0.2) is 33.2 Å². The number of aromatic nitrogens is 3. The largest absolute Gasteiger partial charge is 0.343 e. The first-order chi connectivity index (χ1) is 16.1. The van der Waals surface area contributed by atoms with Crippen molar-refractivity contribution in [3.05, 3.63) is 71.0 Å². The number of hydrogen-bond donors (Lipinski definition) is 1. The lowest BCUT2D eigenvalue weighted by molar-refractivity contribution is -0.113. The average Bonchev–Trinajstić information content (AvgIpc) is 3.29. The standard InChI is InChI=1S/C25H25N5OS2/c1-3-17-10-6-7-16(2)21(17)28-20(31)14-32-24-22-23(26-15-27-24)29-25(33-22)30-12-11-18-8-4-5-9-19(18)13-30/h4-10,15H,3,11-14H2,1-2H3,(H,28,31). The van der Waals surface area contributed by atoms with Crippen LogP contribution >= 0.6 is 23.1 Å². The van der Waals surface area contributed by atoms with E-state index >= 15 is 0 Å². The zero-order chi connectivity index (χ0) is 22.8. The second-order valence-electron chi connectivity index (χ2n) is 8.07. The molecule has 0 radical (unpaired) electrons. The summed E-state index contributed by atoms with van der Waals surface area (Å²) in [4.78, 5) is 28.6. The molecule has 0 atom stereocenters. The highest BCUT2D eigenvalue weighted by atomic mass is 32.2. The number of para-hydroxylation sites is 1. The number of carbonyl (C=O) groups excluding carboxylic acids is 1. The second kappa shape index (κ2) is 9.49. The summed E-state index contributed by atoms with van der Waals surface area (Å²) in [6.07, 6.45) is 3.42. The third-order valence-electron chi connectivity index (χ3n) is 5.89. The van der Waals surface area contributed by atoms with Crippen LogP contribution < -0.4 is 10.2 Å². The van der Waals surface area contributed by atoms with E-state index in [2.05, 4.69) is 57.4 Å². The molecule has 2 aromatic carbocycles. The minimum Gasteiger partial charge on any atom is -0.343 e. The number of nitrogens with one attached hydrogen (secondary N) is 1. The summed E-state index contributed by atoms with van der Waals surface area (Å²) in [5, 5.41) is 4.85. The van der Waals surface area contributed by atoms with Gasteiger partial charge in [0.1, 0.15) is 16.1 Å². The van der Waals surface area contributed by atoms with Gasteiger partial charge in [0.05, 0.1) is 5.75 Å². The Bertz CT molecular complexity index is 1320. The highest BCUT2D eigenvalue weighted by Crippen LogP contribution is 2.35. The molecule has 8 heteroatoms. The molecule has 5 rings (SSSR count). The molecule has 0 saturated heterocycles. The Morgan fingerprint density at radius 2 is 2.00 bits per heavy atom. The van der Waals surface area contributed by atoms with Crippen molar-refractivity contribution in [3.63, 3.8) is 0 Å². The zero-order valence-corrected chi connectivity index (χ0v) is 20.3. The third kappa shape index (κ3) is 4.58. The summed E-state index contributed by atoms with van der Waals surface area (Å²) in [6, 6.07) is 14.7. The van der Waals surface area contributed by atoms with E-state index in [9.17, 15) is 4.79 Å². The molecule has 168 valence electrons. The van der Waals surface area contributed by atoms with Gasteiger partial charge in [-0.2, -0.15) is 4.98 Å². The van der Waals surface area contributed by atoms with Crippen molar-refractivity contribution in [3.8, 4) is 0 Å². The van der Waals surface area contributed by atoms with E-state index in [0.29, 0.717) is 5.65 Å². The van der Waals surface area contributed by atoms with Gasteiger partial charge < -0.3 is 10.2 Å². The molecule has 2 aromatic heterocycles. The predicted octanol–water partition coefficient (Wildman–Crippen LogP) is 5.25. The van der Waals surface area contributed by atoms with Crippen molar-refractivity contribution in [1.29, 1.82) is 0 Å². The molecule has 4 aromatic rings. The van der Waals surface area contributed by atoms with Gasteiger partial charge in [-0.25, -0.2) is 9.97 Å². The van der Waals surface area contributed by atoms with Crippen LogP contribution in [0, 0.1) is 6.92 Å². The lowest BCUT2D eigenvalue weighted by Gasteiger charge is -2.28. The van der Waals surface area contributed by atoms with Gasteiger partial charge >= 0.3 is 0 Å². The van der Waals surface area contributed by atoms with E-state index in [1.54, 1.807) is 11.3 Å². The van der Waals surface area contributed by atoms with Gasteiger partial charge in [-0.1, -0.05) is 72.5 Å². The first kappa shape index (κ1) is 21.9. The Balaban J connectivity index is 1.31. The smallest absolute Gasteiger partial charge is 0.234 e. The minimum atomic E-state index is -0.0341. The van der Waals surface area contributed by atoms with Gasteiger partial charge in [0, 0.05) is 18.8 Å². The van der Waals surface area contributed by atoms with Crippen LogP contribution in [0.25, 0.3) is 10.3 Å². The van der Waals surface area contributed by atoms with Crippen LogP contribution in [0.15, 0.2) is 53.8 Å². The molecule has 3 heterocycles. The molecule has 33 heavy (non-hydrogen) atoms. The number of thioether (sulfide) groups is 1. The number of rotatable bonds is 6. The van der Waals surface area contributed by atoms with Crippen LogP contribution in [0.1, 0.15) is 29.2 Å². The van der Waals surface area contributed by atoms with Crippen molar-refractivity contribution in [2.45, 2.75) is 38.3 Å². The molecule has 0 unspecified atom stereocenters. The Morgan fingerprint density at radius 3 is 2.85 bits per heavy atom. The molecule has 1 aliphatic heterocycles. The Hall–Kier alpha value is -2.97. The Morgan fingerprint density at radius 1 is 1.15 bits per heavy atom. The van der Waals surface area contributed by atoms with Gasteiger partial charge in [-0.15, -0.1) is 0 Å². The molecule has 0 spiro atoms. The number of aryl methyl sites for hydroxylation is 2. The number of nitrogens with zero attached hydrogens (tertiary/aromatic N) is 4. The molecule has 6 nitrogen and oxygen atoms in total. The SMILES string of the molecule is CCc1cccc(C)c1NC(=O)CSc1ncnc2nc(N3CCc4ccccc4C3)sc12. The van der Waals surface area contributed by atoms with Gasteiger partial charge in [0.2, 0.25) is 5.91 Å². The summed E-state index contributed by atoms with van der Waals surface area (Å²) in [6.45, 7) is 5.91. The number of benzene rings is 2. The zero-order valence-electron chi connectivity index (χ0n) is 18.7. The van der Waals surface area contributed by atoms with Gasteiger partial charge in [0.25, 0.3) is 0 Å². The van der Waals surface area contributed by atoms with Gasteiger partial charge in [0.15, 0.2) is 10.8 Å². The van der Waals surface area contributed by atoms with Crippen LogP contribution in [0.3, 0.4) is 0 Å². The van der Waals surface area contributed by atoms with Crippen LogP contribution in [0.4, 0.5) is 10.8 Å². The molecular formula is C25H25N5OS2. The maximum Gasteiger partial charge on any atom is 0.234 e. The van der Waals surface area contributed by atoms with Crippen LogP contribution in [0.5, 0.6) is 0 Å². The fraction of sp³-hybridized carbons (Fsp3) is 0.280. The van der Waals surface area contributed by atoms with Gasteiger partial charge in [-0.3, -0.25) is 4.79 Å². The molecular weight excluding hydrogens is 450 g/mol. The molecule has 0 aliphatic carbocycles. The Labute approximate surface area is 201 Å². The average molecular weight is 476 g/mol. The van der Waals surface area contributed by atoms with Crippen molar-refractivity contribution < 1.29 is 4.79 Å². The third-order valence-corrected chi connectivity index (χ3v) is 8.12. The number of hydrogen-bond acceptors (Lipinski definition) is 7. The summed E-state index contributed by atoms with van der Waals surface area (Å²) in [5.41, 5.74) is 6.60. The number of amides is 1. The number of fused-ring (bicyclic) bond motifs is 2. The molecule has 0 fully saturated rings. The van der Waals surface area contributed by atoms with E-state index < -0.39 is 0 Å². The normalized spacial score (nSPS) is 13.2. The Kier molecular flexibility index (Phi) is 6.28. The fourth-order valence-corrected chi connectivity index (χ4v) is 6.05. The predicted molar refractivity (Wildman–Crippen MR) is 136 cm³/mol. The molecule has 0 bridgehead atoms. The minimum absolute atomic E-state index is 0.0341.